The summed E-state index contributed by atoms with van der Waals surface area (Å²) in [5, 5.41) is 2.57. The number of carbonyl (C=O) groups excluding carboxylic acids is 2. The minimum Gasteiger partial charge on any atom is -0.454 e. The molecule has 2 amide bonds. The summed E-state index contributed by atoms with van der Waals surface area (Å²) >= 11 is 0. The number of alkyl halides is 3. The van der Waals surface area contributed by atoms with E-state index in [4.69, 9.17) is 4.74 Å². The van der Waals surface area contributed by atoms with Crippen molar-refractivity contribution in [1.82, 2.24) is 0 Å². The minimum atomic E-state index is -4.45. The third-order valence-corrected chi connectivity index (χ3v) is 4.88. The van der Waals surface area contributed by atoms with Gasteiger partial charge >= 0.3 is 6.18 Å². The van der Waals surface area contributed by atoms with E-state index in [1.54, 1.807) is 30.3 Å². The molecule has 4 rings (SSSR count). The molecule has 0 aliphatic carbocycles. The zero-order valence-electron chi connectivity index (χ0n) is 16.4. The molecule has 3 aromatic rings. The van der Waals surface area contributed by atoms with Crippen molar-refractivity contribution >= 4 is 23.2 Å². The molecule has 0 fully saturated rings. The van der Waals surface area contributed by atoms with E-state index in [1.807, 2.05) is 6.92 Å². The molecule has 0 aromatic heterocycles. The first-order valence-corrected chi connectivity index (χ1v) is 9.49. The van der Waals surface area contributed by atoms with E-state index in [1.165, 1.54) is 29.2 Å². The van der Waals surface area contributed by atoms with Crippen LogP contribution in [0.4, 0.5) is 24.5 Å². The van der Waals surface area contributed by atoms with Gasteiger partial charge in [-0.1, -0.05) is 12.1 Å². The maximum atomic E-state index is 13.0. The van der Waals surface area contributed by atoms with E-state index in [-0.39, 0.29) is 17.2 Å². The Kier molecular flexibility index (Phi) is 5.14. The normalized spacial score (nSPS) is 13.0. The highest BCUT2D eigenvalue weighted by Gasteiger charge is 2.30. The van der Waals surface area contributed by atoms with Gasteiger partial charge < -0.3 is 15.0 Å². The smallest absolute Gasteiger partial charge is 0.416 e. The zero-order chi connectivity index (χ0) is 22.2. The van der Waals surface area contributed by atoms with Crippen molar-refractivity contribution in [2.75, 3.05) is 16.8 Å². The van der Waals surface area contributed by atoms with E-state index in [2.05, 4.69) is 5.32 Å². The molecule has 5 nitrogen and oxygen atoms in total. The highest BCUT2D eigenvalue weighted by atomic mass is 19.4. The number of para-hydroxylation sites is 1. The van der Waals surface area contributed by atoms with E-state index in [9.17, 15) is 22.8 Å². The van der Waals surface area contributed by atoms with E-state index >= 15 is 0 Å². The van der Waals surface area contributed by atoms with Gasteiger partial charge in [-0.3, -0.25) is 9.59 Å². The standard InChI is InChI=1S/C23H17F3N2O3/c1-2-28-18-13-14(21(29)27-16-10-8-15(9-11-16)23(24,25)26)7-12-20(18)31-19-6-4-3-5-17(19)22(28)30/h3-13H,2H2,1H3,(H,27,29). The van der Waals surface area contributed by atoms with Gasteiger partial charge in [0.15, 0.2) is 5.75 Å². The minimum absolute atomic E-state index is 0.222. The van der Waals surface area contributed by atoms with Crippen LogP contribution in [0.2, 0.25) is 0 Å². The molecule has 3 aromatic carbocycles. The second kappa shape index (κ2) is 7.79. The molecule has 0 atom stereocenters. The largest absolute Gasteiger partial charge is 0.454 e. The molecule has 31 heavy (non-hydrogen) atoms. The third kappa shape index (κ3) is 3.96. The number of carbonyl (C=O) groups is 2. The fraction of sp³-hybridized carbons (Fsp3) is 0.130. The van der Waals surface area contributed by atoms with Crippen LogP contribution in [0.5, 0.6) is 11.5 Å². The Labute approximate surface area is 176 Å². The van der Waals surface area contributed by atoms with Crippen LogP contribution >= 0.6 is 0 Å². The lowest BCUT2D eigenvalue weighted by atomic mass is 10.1. The molecule has 1 heterocycles. The zero-order valence-corrected chi connectivity index (χ0v) is 16.4. The molecule has 1 aliphatic rings. The number of nitrogens with zero attached hydrogens (tertiary/aromatic N) is 1. The molecule has 0 bridgehead atoms. The summed E-state index contributed by atoms with van der Waals surface area (Å²) in [4.78, 5) is 27.2. The van der Waals surface area contributed by atoms with Gasteiger partial charge in [-0.2, -0.15) is 13.2 Å². The van der Waals surface area contributed by atoms with Gasteiger partial charge in [-0.25, -0.2) is 0 Å². The average molecular weight is 426 g/mol. The quantitative estimate of drug-likeness (QED) is 0.582. The van der Waals surface area contributed by atoms with Gasteiger partial charge in [0.05, 0.1) is 16.8 Å². The number of anilines is 2. The van der Waals surface area contributed by atoms with Crippen molar-refractivity contribution in [3.8, 4) is 11.5 Å². The maximum absolute atomic E-state index is 13.0. The molecule has 8 heteroatoms. The first kappa shape index (κ1) is 20.5. The van der Waals surface area contributed by atoms with Crippen LogP contribution in [0, 0.1) is 0 Å². The summed E-state index contributed by atoms with van der Waals surface area (Å²) in [5.74, 6) is 0.0721. The molecule has 158 valence electrons. The number of ether oxygens (including phenoxy) is 1. The van der Waals surface area contributed by atoms with Gasteiger partial charge in [0, 0.05) is 17.8 Å². The number of hydrogen-bond donors (Lipinski definition) is 1. The maximum Gasteiger partial charge on any atom is 0.416 e. The van der Waals surface area contributed by atoms with Gasteiger partial charge in [0.2, 0.25) is 0 Å². The molecule has 0 radical (unpaired) electrons. The molecule has 0 saturated heterocycles. The Morgan fingerprint density at radius 2 is 1.71 bits per heavy atom. The van der Waals surface area contributed by atoms with Crippen LogP contribution in [-0.2, 0) is 6.18 Å². The van der Waals surface area contributed by atoms with Gasteiger partial charge in [0.25, 0.3) is 11.8 Å². The van der Waals surface area contributed by atoms with Gasteiger partial charge in [0.1, 0.15) is 5.75 Å². The number of fused-ring (bicyclic) bond motifs is 2. The lowest BCUT2D eigenvalue weighted by Gasteiger charge is -2.20. The second-order valence-electron chi connectivity index (χ2n) is 6.86. The van der Waals surface area contributed by atoms with Crippen molar-refractivity contribution in [1.29, 1.82) is 0 Å². The van der Waals surface area contributed by atoms with Gasteiger partial charge in [-0.15, -0.1) is 0 Å². The second-order valence-corrected chi connectivity index (χ2v) is 6.86. The summed E-state index contributed by atoms with van der Waals surface area (Å²) in [6.45, 7) is 2.16. The molecular formula is C23H17F3N2O3. The number of benzene rings is 3. The molecule has 0 saturated carbocycles. The Morgan fingerprint density at radius 1 is 1.00 bits per heavy atom. The Morgan fingerprint density at radius 3 is 2.39 bits per heavy atom. The van der Waals surface area contributed by atoms with Crippen molar-refractivity contribution in [3.05, 3.63) is 83.4 Å². The summed E-state index contributed by atoms with van der Waals surface area (Å²) < 4.78 is 44.0. The molecule has 1 aliphatic heterocycles. The Hall–Kier alpha value is -3.81. The first-order chi connectivity index (χ1) is 14.8. The molecule has 0 unspecified atom stereocenters. The lowest BCUT2D eigenvalue weighted by Crippen LogP contribution is -2.30. The van der Waals surface area contributed by atoms with Gasteiger partial charge in [-0.05, 0) is 61.5 Å². The summed E-state index contributed by atoms with van der Waals surface area (Å²) in [5.41, 5.74) is 0.504. The average Bonchev–Trinajstić information content (AvgIpc) is 2.86. The van der Waals surface area contributed by atoms with Crippen LogP contribution < -0.4 is 15.0 Å². The molecule has 0 spiro atoms. The number of hydrogen-bond acceptors (Lipinski definition) is 3. The van der Waals surface area contributed by atoms with E-state index in [0.29, 0.717) is 29.3 Å². The number of rotatable bonds is 3. The van der Waals surface area contributed by atoms with Crippen LogP contribution in [0.3, 0.4) is 0 Å². The topological polar surface area (TPSA) is 58.6 Å². The number of amides is 2. The van der Waals surface area contributed by atoms with Crippen molar-refractivity contribution in [2.24, 2.45) is 0 Å². The molecule has 1 N–H and O–H groups in total. The van der Waals surface area contributed by atoms with Crippen LogP contribution in [0.1, 0.15) is 33.2 Å². The first-order valence-electron chi connectivity index (χ1n) is 9.49. The Bertz CT molecular complexity index is 1160. The highest BCUT2D eigenvalue weighted by Crippen LogP contribution is 2.39. The van der Waals surface area contributed by atoms with Crippen molar-refractivity contribution in [3.63, 3.8) is 0 Å². The monoisotopic (exact) mass is 426 g/mol. The SMILES string of the molecule is CCN1C(=O)c2ccccc2Oc2ccc(C(=O)Nc3ccc(C(F)(F)F)cc3)cc21. The van der Waals surface area contributed by atoms with Crippen molar-refractivity contribution in [2.45, 2.75) is 13.1 Å². The van der Waals surface area contributed by atoms with Crippen LogP contribution in [0.15, 0.2) is 66.7 Å². The fourth-order valence-electron chi connectivity index (χ4n) is 3.32. The van der Waals surface area contributed by atoms with Crippen LogP contribution in [-0.4, -0.2) is 18.4 Å². The summed E-state index contributed by atoms with van der Waals surface area (Å²) in [7, 11) is 0. The lowest BCUT2D eigenvalue weighted by molar-refractivity contribution is -0.137. The van der Waals surface area contributed by atoms with E-state index < -0.39 is 17.6 Å². The molecular weight excluding hydrogens is 409 g/mol. The van der Waals surface area contributed by atoms with Crippen molar-refractivity contribution < 1.29 is 27.5 Å². The highest BCUT2D eigenvalue weighted by molar-refractivity contribution is 6.11. The van der Waals surface area contributed by atoms with E-state index in [0.717, 1.165) is 12.1 Å². The summed E-state index contributed by atoms with van der Waals surface area (Å²) in [6.07, 6.45) is -4.45. The fourth-order valence-corrected chi connectivity index (χ4v) is 3.32. The Balaban J connectivity index is 1.63. The third-order valence-electron chi connectivity index (χ3n) is 4.88. The predicted molar refractivity (Wildman–Crippen MR) is 110 cm³/mol. The number of nitrogens with one attached hydrogen (secondary N) is 1. The van der Waals surface area contributed by atoms with Crippen LogP contribution in [0.25, 0.3) is 0 Å². The summed E-state index contributed by atoms with van der Waals surface area (Å²) in [6, 6.07) is 15.7. The number of halogens is 3. The predicted octanol–water partition coefficient (Wildman–Crippen LogP) is 5.73.